The lowest BCUT2D eigenvalue weighted by atomic mass is 9.83. The van der Waals surface area contributed by atoms with Crippen molar-refractivity contribution >= 4 is 5.91 Å². The second kappa shape index (κ2) is 7.37. The molecular formula is C17H22N4O2. The Balaban J connectivity index is 1.62. The number of aromatic nitrogens is 3. The molecule has 23 heavy (non-hydrogen) atoms. The largest absolute Gasteiger partial charge is 0.274 e. The number of amides is 1. The minimum atomic E-state index is -0.0222. The Morgan fingerprint density at radius 3 is 3.09 bits per heavy atom. The van der Waals surface area contributed by atoms with Crippen molar-refractivity contribution in [3.8, 4) is 0 Å². The van der Waals surface area contributed by atoms with Gasteiger partial charge in [0.1, 0.15) is 12.7 Å². The molecule has 1 aliphatic carbocycles. The van der Waals surface area contributed by atoms with Crippen molar-refractivity contribution in [2.45, 2.75) is 38.1 Å². The molecule has 1 amide bonds. The van der Waals surface area contributed by atoms with Crippen molar-refractivity contribution in [1.29, 1.82) is 0 Å². The Bertz CT molecular complexity index is 642. The van der Waals surface area contributed by atoms with Crippen molar-refractivity contribution < 1.29 is 9.63 Å². The van der Waals surface area contributed by atoms with Crippen molar-refractivity contribution in [2.75, 3.05) is 13.7 Å². The lowest BCUT2D eigenvalue weighted by molar-refractivity contribution is -0.177. The summed E-state index contributed by atoms with van der Waals surface area (Å²) in [7, 11) is 1.56. The molecule has 1 atom stereocenters. The molecule has 1 heterocycles. The van der Waals surface area contributed by atoms with Crippen LogP contribution in [0.2, 0.25) is 0 Å². The summed E-state index contributed by atoms with van der Waals surface area (Å²) in [5.74, 6) is 0.321. The van der Waals surface area contributed by atoms with Gasteiger partial charge in [-0.05, 0) is 30.4 Å². The second-order valence-corrected chi connectivity index (χ2v) is 5.83. The van der Waals surface area contributed by atoms with Gasteiger partial charge in [0.15, 0.2) is 0 Å². The number of aryl methyl sites for hydroxylation is 2. The normalized spacial score (nSPS) is 16.8. The summed E-state index contributed by atoms with van der Waals surface area (Å²) in [6, 6.07) is 8.51. The predicted molar refractivity (Wildman–Crippen MR) is 85.5 cm³/mol. The summed E-state index contributed by atoms with van der Waals surface area (Å²) >= 11 is 0. The molecule has 0 aliphatic heterocycles. The minimum Gasteiger partial charge on any atom is -0.274 e. The van der Waals surface area contributed by atoms with E-state index in [0.717, 1.165) is 19.3 Å². The summed E-state index contributed by atoms with van der Waals surface area (Å²) in [6.45, 7) is 1.11. The van der Waals surface area contributed by atoms with Crippen LogP contribution in [0.4, 0.5) is 0 Å². The van der Waals surface area contributed by atoms with Gasteiger partial charge < -0.3 is 0 Å². The van der Waals surface area contributed by atoms with Gasteiger partial charge in [-0.25, -0.2) is 10.0 Å². The molecule has 3 rings (SSSR count). The number of carbonyl (C=O) groups excluding carboxylic acids is 1. The molecule has 0 N–H and O–H groups in total. The first-order valence-electron chi connectivity index (χ1n) is 8.02. The molecule has 1 aliphatic rings. The quantitative estimate of drug-likeness (QED) is 0.767. The maximum absolute atomic E-state index is 12.4. The lowest BCUT2D eigenvalue weighted by Gasteiger charge is -2.30. The van der Waals surface area contributed by atoms with Crippen molar-refractivity contribution in [2.24, 2.45) is 0 Å². The first-order chi connectivity index (χ1) is 11.3. The highest BCUT2D eigenvalue weighted by molar-refractivity contribution is 5.75. The molecule has 1 aromatic heterocycles. The Kier molecular flexibility index (Phi) is 5.02. The van der Waals surface area contributed by atoms with Gasteiger partial charge in [0.2, 0.25) is 5.91 Å². The summed E-state index contributed by atoms with van der Waals surface area (Å²) in [5.41, 5.74) is 2.75. The maximum atomic E-state index is 12.4. The molecule has 2 aromatic rings. The smallest absolute Gasteiger partial charge is 0.247 e. The fourth-order valence-electron chi connectivity index (χ4n) is 3.21. The van der Waals surface area contributed by atoms with Gasteiger partial charge in [-0.2, -0.15) is 5.10 Å². The Labute approximate surface area is 136 Å². The maximum Gasteiger partial charge on any atom is 0.247 e. The Hall–Kier alpha value is -2.21. The van der Waals surface area contributed by atoms with Gasteiger partial charge in [-0.3, -0.25) is 14.3 Å². The van der Waals surface area contributed by atoms with Crippen LogP contribution in [0.3, 0.4) is 0 Å². The summed E-state index contributed by atoms with van der Waals surface area (Å²) < 4.78 is 1.65. The van der Waals surface area contributed by atoms with E-state index in [1.165, 1.54) is 22.5 Å². The van der Waals surface area contributed by atoms with Crippen LogP contribution in [0.25, 0.3) is 0 Å². The molecule has 122 valence electrons. The summed E-state index contributed by atoms with van der Waals surface area (Å²) in [6.07, 6.45) is 6.81. The van der Waals surface area contributed by atoms with Gasteiger partial charge in [0.25, 0.3) is 0 Å². The summed E-state index contributed by atoms with van der Waals surface area (Å²) in [5, 5.41) is 5.50. The van der Waals surface area contributed by atoms with Crippen LogP contribution in [0.15, 0.2) is 36.9 Å². The third kappa shape index (κ3) is 3.76. The molecule has 0 saturated heterocycles. The lowest BCUT2D eigenvalue weighted by Crippen LogP contribution is -2.35. The fraction of sp³-hybridized carbons (Fsp3) is 0.471. The van der Waals surface area contributed by atoms with E-state index < -0.39 is 0 Å². The Morgan fingerprint density at radius 2 is 2.30 bits per heavy atom. The van der Waals surface area contributed by atoms with Crippen LogP contribution in [-0.4, -0.2) is 39.4 Å². The van der Waals surface area contributed by atoms with E-state index in [2.05, 4.69) is 34.3 Å². The first kappa shape index (κ1) is 15.7. The van der Waals surface area contributed by atoms with Crippen molar-refractivity contribution in [3.05, 3.63) is 48.0 Å². The molecular weight excluding hydrogens is 292 g/mol. The van der Waals surface area contributed by atoms with E-state index in [4.69, 9.17) is 4.84 Å². The number of hydrogen-bond acceptors (Lipinski definition) is 4. The van der Waals surface area contributed by atoms with E-state index in [0.29, 0.717) is 25.4 Å². The zero-order valence-corrected chi connectivity index (χ0v) is 13.4. The van der Waals surface area contributed by atoms with E-state index in [9.17, 15) is 4.79 Å². The van der Waals surface area contributed by atoms with Gasteiger partial charge >= 0.3 is 0 Å². The summed E-state index contributed by atoms with van der Waals surface area (Å²) in [4.78, 5) is 21.6. The average Bonchev–Trinajstić information content (AvgIpc) is 3.11. The fourth-order valence-corrected chi connectivity index (χ4v) is 3.21. The van der Waals surface area contributed by atoms with E-state index in [1.807, 2.05) is 0 Å². The minimum absolute atomic E-state index is 0.0222. The zero-order chi connectivity index (χ0) is 16.1. The number of hydrogen-bond donors (Lipinski definition) is 0. The van der Waals surface area contributed by atoms with Crippen LogP contribution in [0.1, 0.15) is 36.3 Å². The van der Waals surface area contributed by atoms with E-state index in [1.54, 1.807) is 18.1 Å². The van der Waals surface area contributed by atoms with E-state index in [-0.39, 0.29) is 5.91 Å². The number of nitrogens with zero attached hydrogens (tertiary/aromatic N) is 4. The highest BCUT2D eigenvalue weighted by atomic mass is 16.7. The first-order valence-corrected chi connectivity index (χ1v) is 8.02. The highest BCUT2D eigenvalue weighted by Gasteiger charge is 2.24. The Morgan fingerprint density at radius 1 is 1.43 bits per heavy atom. The molecule has 0 saturated carbocycles. The second-order valence-electron chi connectivity index (χ2n) is 5.83. The average molecular weight is 314 g/mol. The topological polar surface area (TPSA) is 60.2 Å². The van der Waals surface area contributed by atoms with E-state index >= 15 is 0 Å². The van der Waals surface area contributed by atoms with Crippen LogP contribution in [0, 0.1) is 0 Å². The van der Waals surface area contributed by atoms with Crippen molar-refractivity contribution in [3.63, 3.8) is 0 Å². The molecule has 0 fully saturated rings. The van der Waals surface area contributed by atoms with Crippen LogP contribution in [0.5, 0.6) is 0 Å². The van der Waals surface area contributed by atoms with Gasteiger partial charge in [-0.15, -0.1) is 0 Å². The van der Waals surface area contributed by atoms with Gasteiger partial charge in [0, 0.05) is 12.3 Å². The van der Waals surface area contributed by atoms with Crippen LogP contribution < -0.4 is 0 Å². The zero-order valence-electron chi connectivity index (χ0n) is 13.4. The number of carbonyl (C=O) groups is 1. The molecule has 1 unspecified atom stereocenters. The molecule has 0 spiro atoms. The van der Waals surface area contributed by atoms with Crippen LogP contribution in [-0.2, 0) is 22.6 Å². The molecule has 0 radical (unpaired) electrons. The highest BCUT2D eigenvalue weighted by Crippen LogP contribution is 2.32. The van der Waals surface area contributed by atoms with Gasteiger partial charge in [0.05, 0.1) is 20.2 Å². The molecule has 6 heteroatoms. The van der Waals surface area contributed by atoms with Crippen molar-refractivity contribution in [1.82, 2.24) is 19.8 Å². The number of benzene rings is 1. The van der Waals surface area contributed by atoms with Crippen LogP contribution >= 0.6 is 0 Å². The number of hydroxylamine groups is 2. The predicted octanol–water partition coefficient (Wildman–Crippen LogP) is 2.18. The number of rotatable bonds is 6. The van der Waals surface area contributed by atoms with Gasteiger partial charge in [-0.1, -0.05) is 24.3 Å². The molecule has 0 bridgehead atoms. The third-order valence-corrected chi connectivity index (χ3v) is 4.40. The third-order valence-electron chi connectivity index (χ3n) is 4.40. The number of fused-ring (bicyclic) bond motifs is 1. The standard InChI is InChI=1S/C17H22N4O2/c1-23-21(17(22)9-10-20-13-18-12-19-20)11-15-7-4-6-14-5-2-3-8-16(14)15/h2-3,5,8,12-13,15H,4,6-7,9-11H2,1H3. The molecule has 1 aromatic carbocycles. The monoisotopic (exact) mass is 314 g/mol. The SMILES string of the molecule is CON(CC1CCCc2ccccc21)C(=O)CCn1cncn1. The molecule has 6 nitrogen and oxygen atoms in total.